The number of rotatable bonds is 1. The van der Waals surface area contributed by atoms with Crippen molar-refractivity contribution in [3.8, 4) is 5.75 Å². The maximum Gasteiger partial charge on any atom is 0.573 e. The third-order valence-electron chi connectivity index (χ3n) is 1.41. The average Bonchev–Trinajstić information content (AvgIpc) is 1.95. The number of halogens is 5. The highest BCUT2D eigenvalue weighted by Gasteiger charge is 2.33. The summed E-state index contributed by atoms with van der Waals surface area (Å²) in [6.07, 6.45) is -4.98. The fraction of sp³-hybridized carbons (Fsp3) is 0.250. The first-order valence-electron chi connectivity index (χ1n) is 3.51. The van der Waals surface area contributed by atoms with Crippen molar-refractivity contribution >= 4 is 0 Å². The summed E-state index contributed by atoms with van der Waals surface area (Å²) in [5.41, 5.74) is -0.250. The lowest BCUT2D eigenvalue weighted by atomic mass is 10.2. The molecule has 0 spiro atoms. The first-order chi connectivity index (χ1) is 6.29. The molecular weight excluding hydrogens is 207 g/mol. The van der Waals surface area contributed by atoms with Gasteiger partial charge in [-0.15, -0.1) is 13.2 Å². The molecule has 0 fully saturated rings. The molecule has 1 rings (SSSR count). The van der Waals surface area contributed by atoms with Gasteiger partial charge in [0, 0.05) is 6.07 Å². The Hall–Kier alpha value is -1.33. The van der Waals surface area contributed by atoms with Crippen molar-refractivity contribution in [1.29, 1.82) is 0 Å². The van der Waals surface area contributed by atoms with E-state index in [1.165, 1.54) is 0 Å². The standard InChI is InChI=1S/C8H5F5O/c1-4-2-5(9)3-6(10)7(4)14-8(11,12)13/h2-3H,1H3. The zero-order valence-electron chi connectivity index (χ0n) is 6.95. The molecule has 0 aliphatic rings. The number of benzene rings is 1. The van der Waals surface area contributed by atoms with Crippen molar-refractivity contribution in [3.05, 3.63) is 29.3 Å². The maximum atomic E-state index is 12.8. The Bertz CT molecular complexity index is 321. The SMILES string of the molecule is Cc1cc(F)cc(F)c1OC(F)(F)F. The molecule has 0 unspecified atom stereocenters. The second-order valence-corrected chi connectivity index (χ2v) is 2.58. The molecular formula is C8H5F5O. The van der Waals surface area contributed by atoms with Crippen LogP contribution < -0.4 is 4.74 Å². The summed E-state index contributed by atoms with van der Waals surface area (Å²) < 4.78 is 63.8. The van der Waals surface area contributed by atoms with Crippen molar-refractivity contribution in [3.63, 3.8) is 0 Å². The van der Waals surface area contributed by atoms with Crippen molar-refractivity contribution in [1.82, 2.24) is 0 Å². The van der Waals surface area contributed by atoms with E-state index in [-0.39, 0.29) is 5.56 Å². The molecule has 1 nitrogen and oxygen atoms in total. The molecule has 0 saturated carbocycles. The van der Waals surface area contributed by atoms with Crippen LogP contribution in [0.5, 0.6) is 5.75 Å². The van der Waals surface area contributed by atoms with Gasteiger partial charge in [0.15, 0.2) is 11.6 Å². The van der Waals surface area contributed by atoms with E-state index in [1.807, 2.05) is 0 Å². The molecule has 14 heavy (non-hydrogen) atoms. The van der Waals surface area contributed by atoms with Crippen molar-refractivity contribution in [2.45, 2.75) is 13.3 Å². The number of alkyl halides is 3. The Kier molecular flexibility index (Phi) is 2.64. The fourth-order valence-corrected chi connectivity index (χ4v) is 0.934. The maximum absolute atomic E-state index is 12.8. The normalized spacial score (nSPS) is 11.6. The van der Waals surface area contributed by atoms with Crippen LogP contribution in [0, 0.1) is 18.6 Å². The smallest absolute Gasteiger partial charge is 0.402 e. The van der Waals surface area contributed by atoms with E-state index in [4.69, 9.17) is 0 Å². The van der Waals surface area contributed by atoms with Gasteiger partial charge in [-0.25, -0.2) is 8.78 Å². The van der Waals surface area contributed by atoms with E-state index in [9.17, 15) is 22.0 Å². The van der Waals surface area contributed by atoms with E-state index in [1.54, 1.807) is 0 Å². The number of hydrogen-bond acceptors (Lipinski definition) is 1. The van der Waals surface area contributed by atoms with Crippen LogP contribution in [0.15, 0.2) is 12.1 Å². The van der Waals surface area contributed by atoms with Crippen LogP contribution in [0.25, 0.3) is 0 Å². The van der Waals surface area contributed by atoms with Gasteiger partial charge in [0.1, 0.15) is 5.82 Å². The lowest BCUT2D eigenvalue weighted by molar-refractivity contribution is -0.275. The average molecular weight is 212 g/mol. The number of ether oxygens (including phenoxy) is 1. The van der Waals surface area contributed by atoms with Crippen molar-refractivity contribution in [2.24, 2.45) is 0 Å². The van der Waals surface area contributed by atoms with E-state index >= 15 is 0 Å². The van der Waals surface area contributed by atoms with Gasteiger partial charge < -0.3 is 4.74 Å². The predicted octanol–water partition coefficient (Wildman–Crippen LogP) is 3.17. The fourth-order valence-electron chi connectivity index (χ4n) is 0.934. The minimum absolute atomic E-state index is 0.250. The summed E-state index contributed by atoms with van der Waals surface area (Å²) in [4.78, 5) is 0. The summed E-state index contributed by atoms with van der Waals surface area (Å²) in [7, 11) is 0. The monoisotopic (exact) mass is 212 g/mol. The van der Waals surface area contributed by atoms with Gasteiger partial charge in [0.05, 0.1) is 0 Å². The molecule has 0 amide bonds. The molecule has 0 aromatic heterocycles. The molecule has 0 atom stereocenters. The van der Waals surface area contributed by atoms with Gasteiger partial charge in [0.25, 0.3) is 0 Å². The van der Waals surface area contributed by atoms with Gasteiger partial charge in [-0.1, -0.05) is 0 Å². The summed E-state index contributed by atoms with van der Waals surface area (Å²) >= 11 is 0. The second kappa shape index (κ2) is 3.43. The molecule has 6 heteroatoms. The molecule has 0 aliphatic carbocycles. The molecule has 1 aromatic carbocycles. The Balaban J connectivity index is 3.09. The van der Waals surface area contributed by atoms with E-state index in [2.05, 4.69) is 4.74 Å². The van der Waals surface area contributed by atoms with Crippen LogP contribution in [-0.2, 0) is 0 Å². The Morgan fingerprint density at radius 1 is 1.14 bits per heavy atom. The Morgan fingerprint density at radius 3 is 2.14 bits per heavy atom. The highest BCUT2D eigenvalue weighted by molar-refractivity contribution is 5.34. The second-order valence-electron chi connectivity index (χ2n) is 2.58. The van der Waals surface area contributed by atoms with Crippen LogP contribution in [-0.4, -0.2) is 6.36 Å². The zero-order valence-corrected chi connectivity index (χ0v) is 6.95. The third kappa shape index (κ3) is 2.58. The van der Waals surface area contributed by atoms with Gasteiger partial charge >= 0.3 is 6.36 Å². The van der Waals surface area contributed by atoms with E-state index < -0.39 is 23.7 Å². The zero-order chi connectivity index (χ0) is 10.9. The molecule has 0 N–H and O–H groups in total. The Morgan fingerprint density at radius 2 is 1.71 bits per heavy atom. The van der Waals surface area contributed by atoms with Gasteiger partial charge in [-0.2, -0.15) is 0 Å². The van der Waals surface area contributed by atoms with Crippen LogP contribution in [0.1, 0.15) is 5.56 Å². The molecule has 0 bridgehead atoms. The molecule has 0 saturated heterocycles. The van der Waals surface area contributed by atoms with Crippen LogP contribution >= 0.6 is 0 Å². The summed E-state index contributed by atoms with van der Waals surface area (Å²) in [5.74, 6) is -3.33. The lowest BCUT2D eigenvalue weighted by Gasteiger charge is -2.11. The number of hydrogen-bond donors (Lipinski definition) is 0. The van der Waals surface area contributed by atoms with Crippen molar-refractivity contribution < 1.29 is 26.7 Å². The van der Waals surface area contributed by atoms with Gasteiger partial charge in [-0.3, -0.25) is 0 Å². The molecule has 1 aromatic rings. The highest BCUT2D eigenvalue weighted by atomic mass is 19.4. The lowest BCUT2D eigenvalue weighted by Crippen LogP contribution is -2.18. The minimum Gasteiger partial charge on any atom is -0.402 e. The van der Waals surface area contributed by atoms with E-state index in [0.717, 1.165) is 13.0 Å². The molecule has 78 valence electrons. The van der Waals surface area contributed by atoms with Gasteiger partial charge in [0.2, 0.25) is 0 Å². The Labute approximate surface area is 76.1 Å². The van der Waals surface area contributed by atoms with Crippen LogP contribution in [0.4, 0.5) is 22.0 Å². The van der Waals surface area contributed by atoms with Crippen LogP contribution in [0.3, 0.4) is 0 Å². The first-order valence-corrected chi connectivity index (χ1v) is 3.51. The largest absolute Gasteiger partial charge is 0.573 e. The summed E-state index contributed by atoms with van der Waals surface area (Å²) in [6, 6.07) is 1.08. The number of aryl methyl sites for hydroxylation is 1. The first kappa shape index (κ1) is 10.7. The predicted molar refractivity (Wildman–Crippen MR) is 37.8 cm³/mol. The topological polar surface area (TPSA) is 9.23 Å². The minimum atomic E-state index is -4.98. The molecule has 0 aliphatic heterocycles. The summed E-state index contributed by atoms with van der Waals surface area (Å²) in [5, 5.41) is 0. The summed E-state index contributed by atoms with van der Waals surface area (Å²) in [6.45, 7) is 1.12. The highest BCUT2D eigenvalue weighted by Crippen LogP contribution is 2.29. The van der Waals surface area contributed by atoms with Gasteiger partial charge in [-0.05, 0) is 18.6 Å². The third-order valence-corrected chi connectivity index (χ3v) is 1.41. The van der Waals surface area contributed by atoms with Crippen molar-refractivity contribution in [2.75, 3.05) is 0 Å². The molecule has 0 radical (unpaired) electrons. The van der Waals surface area contributed by atoms with E-state index in [0.29, 0.717) is 6.07 Å². The molecule has 0 heterocycles. The quantitative estimate of drug-likeness (QED) is 0.649. The van der Waals surface area contributed by atoms with Crippen LogP contribution in [0.2, 0.25) is 0 Å².